The van der Waals surface area contributed by atoms with Gasteiger partial charge in [0.05, 0.1) is 0 Å². The van der Waals surface area contributed by atoms with E-state index in [4.69, 9.17) is 9.47 Å². The van der Waals surface area contributed by atoms with Gasteiger partial charge < -0.3 is 9.47 Å². The predicted molar refractivity (Wildman–Crippen MR) is 205 cm³/mol. The number of ether oxygens (including phenoxy) is 2. The van der Waals surface area contributed by atoms with Gasteiger partial charge in [-0.15, -0.1) is 0 Å². The zero-order valence-corrected chi connectivity index (χ0v) is 28.2. The number of rotatable bonds is 4. The van der Waals surface area contributed by atoms with Crippen LogP contribution in [0.3, 0.4) is 0 Å². The topological polar surface area (TPSA) is 18.5 Å². The van der Waals surface area contributed by atoms with Crippen molar-refractivity contribution < 1.29 is 9.47 Å². The molecule has 0 N–H and O–H groups in total. The van der Waals surface area contributed by atoms with Crippen molar-refractivity contribution in [2.75, 3.05) is 0 Å². The third-order valence-corrected chi connectivity index (χ3v) is 10.4. The van der Waals surface area contributed by atoms with E-state index in [1.807, 2.05) is 0 Å². The Labute approximate surface area is 288 Å². The summed E-state index contributed by atoms with van der Waals surface area (Å²) in [6.07, 6.45) is 0. The molecule has 0 spiro atoms. The Balaban J connectivity index is 1.42. The Morgan fingerprint density at radius 1 is 0.327 bits per heavy atom. The molecule has 0 amide bonds. The SMILES string of the molecule is Cc1ccccc1-c1cccc2c1Oc1c(-c3ccccc3C)cc(-c3ccccc3C)c3c1B2c1cccc(-c2ccccc2C)c1O3. The second-order valence-corrected chi connectivity index (χ2v) is 13.4. The van der Waals surface area contributed by atoms with Gasteiger partial charge in [0.2, 0.25) is 0 Å². The van der Waals surface area contributed by atoms with Crippen molar-refractivity contribution in [1.29, 1.82) is 0 Å². The molecule has 2 heterocycles. The molecular formula is C46H35BO2. The minimum absolute atomic E-state index is 0.0998. The van der Waals surface area contributed by atoms with Crippen molar-refractivity contribution in [2.24, 2.45) is 0 Å². The molecule has 7 aromatic rings. The lowest BCUT2D eigenvalue weighted by molar-refractivity contribution is 0.468. The minimum atomic E-state index is -0.0998. The average molecular weight is 631 g/mol. The number of hydrogen-bond donors (Lipinski definition) is 0. The number of aryl methyl sites for hydroxylation is 4. The Morgan fingerprint density at radius 3 is 1.02 bits per heavy atom. The molecule has 0 unspecified atom stereocenters. The van der Waals surface area contributed by atoms with E-state index in [0.717, 1.165) is 72.8 Å². The number of hydrogen-bond acceptors (Lipinski definition) is 2. The maximum Gasteiger partial charge on any atom is 0.260 e. The molecule has 0 aliphatic carbocycles. The van der Waals surface area contributed by atoms with E-state index >= 15 is 0 Å². The summed E-state index contributed by atoms with van der Waals surface area (Å²) in [5.41, 5.74) is 17.3. The van der Waals surface area contributed by atoms with Crippen LogP contribution in [-0.2, 0) is 0 Å². The van der Waals surface area contributed by atoms with Gasteiger partial charge in [-0.25, -0.2) is 0 Å². The average Bonchev–Trinajstić information content (AvgIpc) is 3.12. The molecule has 2 aliphatic rings. The third kappa shape index (κ3) is 4.57. The van der Waals surface area contributed by atoms with Gasteiger partial charge in [-0.3, -0.25) is 0 Å². The lowest BCUT2D eigenvalue weighted by Gasteiger charge is -2.37. The maximum absolute atomic E-state index is 7.30. The van der Waals surface area contributed by atoms with E-state index < -0.39 is 0 Å². The summed E-state index contributed by atoms with van der Waals surface area (Å²) in [5, 5.41) is 0. The van der Waals surface area contributed by atoms with Crippen molar-refractivity contribution in [2.45, 2.75) is 27.7 Å². The molecule has 0 radical (unpaired) electrons. The molecular weight excluding hydrogens is 595 g/mol. The van der Waals surface area contributed by atoms with Gasteiger partial charge in [-0.2, -0.15) is 0 Å². The summed E-state index contributed by atoms with van der Waals surface area (Å²) < 4.78 is 14.6. The van der Waals surface area contributed by atoms with Crippen molar-refractivity contribution in [3.05, 3.63) is 162 Å². The van der Waals surface area contributed by atoms with Crippen molar-refractivity contribution in [1.82, 2.24) is 0 Å². The van der Waals surface area contributed by atoms with Gasteiger partial charge in [0.1, 0.15) is 23.0 Å². The van der Waals surface area contributed by atoms with Crippen LogP contribution in [0.4, 0.5) is 0 Å². The van der Waals surface area contributed by atoms with Crippen LogP contribution in [0, 0.1) is 27.7 Å². The molecule has 0 fully saturated rings. The van der Waals surface area contributed by atoms with E-state index in [9.17, 15) is 0 Å². The van der Waals surface area contributed by atoms with E-state index in [-0.39, 0.29) is 6.71 Å². The maximum atomic E-state index is 7.30. The lowest BCUT2D eigenvalue weighted by Crippen LogP contribution is -2.57. The normalized spacial score (nSPS) is 12.4. The smallest absolute Gasteiger partial charge is 0.260 e. The highest BCUT2D eigenvalue weighted by molar-refractivity contribution is 6.98. The molecule has 2 nitrogen and oxygen atoms in total. The first kappa shape index (κ1) is 29.4. The molecule has 0 aromatic heterocycles. The zero-order valence-electron chi connectivity index (χ0n) is 28.2. The highest BCUT2D eigenvalue weighted by atomic mass is 16.5. The molecule has 0 saturated carbocycles. The van der Waals surface area contributed by atoms with Crippen LogP contribution in [0.25, 0.3) is 44.5 Å². The van der Waals surface area contributed by atoms with Crippen LogP contribution < -0.4 is 25.9 Å². The number of fused-ring (bicyclic) bond motifs is 4. The summed E-state index contributed by atoms with van der Waals surface area (Å²) in [6, 6.07) is 50.0. The predicted octanol–water partition coefficient (Wildman–Crippen LogP) is 10.3. The summed E-state index contributed by atoms with van der Waals surface area (Å²) in [7, 11) is 0. The fraction of sp³-hybridized carbons (Fsp3) is 0.0870. The van der Waals surface area contributed by atoms with Gasteiger partial charge in [0, 0.05) is 27.7 Å². The van der Waals surface area contributed by atoms with Crippen molar-refractivity contribution >= 4 is 23.1 Å². The quantitative estimate of drug-likeness (QED) is 0.180. The number of benzene rings is 7. The highest BCUT2D eigenvalue weighted by Crippen LogP contribution is 2.50. The summed E-state index contributed by atoms with van der Waals surface area (Å²) in [5.74, 6) is 3.56. The monoisotopic (exact) mass is 630 g/mol. The number of para-hydroxylation sites is 2. The first-order valence-electron chi connectivity index (χ1n) is 17.1. The second kappa shape index (κ2) is 11.4. The summed E-state index contributed by atoms with van der Waals surface area (Å²) in [4.78, 5) is 0. The van der Waals surface area contributed by atoms with Crippen LogP contribution in [0.2, 0.25) is 0 Å². The first-order valence-corrected chi connectivity index (χ1v) is 17.1. The lowest BCUT2D eigenvalue weighted by atomic mass is 9.34. The Morgan fingerprint density at radius 2 is 0.653 bits per heavy atom. The van der Waals surface area contributed by atoms with Crippen molar-refractivity contribution in [3.63, 3.8) is 0 Å². The van der Waals surface area contributed by atoms with Gasteiger partial charge in [-0.05, 0) is 89.2 Å². The molecule has 9 rings (SSSR count). The minimum Gasteiger partial charge on any atom is -0.457 e. The van der Waals surface area contributed by atoms with Gasteiger partial charge in [-0.1, -0.05) is 133 Å². The summed E-state index contributed by atoms with van der Waals surface area (Å²) >= 11 is 0. The molecule has 7 aromatic carbocycles. The summed E-state index contributed by atoms with van der Waals surface area (Å²) in [6.45, 7) is 8.62. The molecule has 0 bridgehead atoms. The molecule has 0 saturated heterocycles. The molecule has 3 heteroatoms. The standard InChI is InChI=1S/C46H35BO2/c1-28-15-5-9-19-32(28)36-23-13-25-40-43(36)48-45-38(34-21-11-7-17-30(34)3)27-39(35-22-12-8-18-31(35)4)46-42(45)47(40)41-26-14-24-37(44(41)49-46)33-20-10-6-16-29(33)2/h5-27H,1-4H3. The van der Waals surface area contributed by atoms with Gasteiger partial charge in [0.25, 0.3) is 6.71 Å². The Kier molecular flexibility index (Phi) is 6.84. The van der Waals surface area contributed by atoms with Crippen LogP contribution in [0.5, 0.6) is 23.0 Å². The Hall–Kier alpha value is -5.80. The molecule has 2 aliphatic heterocycles. The van der Waals surface area contributed by atoms with Crippen LogP contribution in [0.15, 0.2) is 140 Å². The molecule has 234 valence electrons. The molecule has 0 atom stereocenters. The van der Waals surface area contributed by atoms with Crippen LogP contribution >= 0.6 is 0 Å². The fourth-order valence-corrected chi connectivity index (χ4v) is 7.95. The Bertz CT molecular complexity index is 2290. The van der Waals surface area contributed by atoms with Crippen LogP contribution in [-0.4, -0.2) is 6.71 Å². The third-order valence-electron chi connectivity index (χ3n) is 10.4. The van der Waals surface area contributed by atoms with E-state index in [2.05, 4.69) is 167 Å². The highest BCUT2D eigenvalue weighted by Gasteiger charge is 2.44. The fourth-order valence-electron chi connectivity index (χ4n) is 7.95. The van der Waals surface area contributed by atoms with Crippen LogP contribution in [0.1, 0.15) is 22.3 Å². The molecule has 49 heavy (non-hydrogen) atoms. The van der Waals surface area contributed by atoms with Crippen molar-refractivity contribution in [3.8, 4) is 67.5 Å². The first-order chi connectivity index (χ1) is 24.0. The second-order valence-electron chi connectivity index (χ2n) is 13.4. The van der Waals surface area contributed by atoms with E-state index in [0.29, 0.717) is 0 Å². The van der Waals surface area contributed by atoms with E-state index in [1.54, 1.807) is 0 Å². The van der Waals surface area contributed by atoms with E-state index in [1.165, 1.54) is 33.4 Å². The largest absolute Gasteiger partial charge is 0.457 e. The van der Waals surface area contributed by atoms with Gasteiger partial charge >= 0.3 is 0 Å². The zero-order chi connectivity index (χ0) is 33.2. The van der Waals surface area contributed by atoms with Gasteiger partial charge in [0.15, 0.2) is 0 Å².